The Morgan fingerprint density at radius 3 is 2.38 bits per heavy atom. The monoisotopic (exact) mass is 302 g/mol. The molecule has 0 aliphatic carbocycles. The van der Waals surface area contributed by atoms with Gasteiger partial charge in [0.05, 0.1) is 0 Å². The summed E-state index contributed by atoms with van der Waals surface area (Å²) in [5.74, 6) is -0.396. The summed E-state index contributed by atoms with van der Waals surface area (Å²) in [4.78, 5) is 3.05. The molecule has 1 saturated heterocycles. The second kappa shape index (κ2) is 6.05. The first-order valence-electron chi connectivity index (χ1n) is 6.73. The number of alkyl halides is 3. The van der Waals surface area contributed by atoms with E-state index in [-0.39, 0.29) is 13.1 Å². The van der Waals surface area contributed by atoms with Crippen LogP contribution in [0.4, 0.5) is 23.2 Å². The van der Waals surface area contributed by atoms with Crippen LogP contribution >= 0.6 is 0 Å². The third-order valence-electron chi connectivity index (χ3n) is 3.53. The summed E-state index contributed by atoms with van der Waals surface area (Å²) in [6.07, 6.45) is -4.30. The lowest BCUT2D eigenvalue weighted by molar-refractivity contribution is -0.183. The van der Waals surface area contributed by atoms with Gasteiger partial charge in [0.2, 0.25) is 0 Å². The van der Waals surface area contributed by atoms with Gasteiger partial charge in [0, 0.05) is 31.9 Å². The second-order valence-electron chi connectivity index (χ2n) is 5.41. The molecule has 1 aromatic carbocycles. The van der Waals surface area contributed by atoms with Gasteiger partial charge < -0.3 is 4.90 Å². The molecule has 2 nitrogen and oxygen atoms in total. The average molecular weight is 302 g/mol. The Balaban J connectivity index is 2.16. The summed E-state index contributed by atoms with van der Waals surface area (Å²) in [5.41, 5.74) is 1.32. The molecule has 6 heteroatoms. The van der Waals surface area contributed by atoms with E-state index in [0.717, 1.165) is 0 Å². The van der Waals surface area contributed by atoms with Crippen LogP contribution in [0, 0.1) is 5.82 Å². The number of benzene rings is 1. The van der Waals surface area contributed by atoms with Crippen LogP contribution in [0.2, 0.25) is 0 Å². The van der Waals surface area contributed by atoms with Gasteiger partial charge in [-0.25, -0.2) is 4.39 Å². The van der Waals surface area contributed by atoms with Crippen LogP contribution in [-0.2, 0) is 0 Å². The van der Waals surface area contributed by atoms with E-state index in [4.69, 9.17) is 0 Å². The average Bonchev–Trinajstić information content (AvgIpc) is 2.38. The van der Waals surface area contributed by atoms with Gasteiger partial charge in [0.15, 0.2) is 0 Å². The minimum absolute atomic E-state index is 0.150. The summed E-state index contributed by atoms with van der Waals surface area (Å²) >= 11 is 0. The standard InChI is InChI=1S/C15H18F4N2/c1-11(2)9-21-8-7-20(10-14(21)15(17,18)19)13-5-3-12(16)4-6-13/h3-6,14H,1,7-10H2,2H3. The van der Waals surface area contributed by atoms with E-state index in [1.807, 2.05) is 0 Å². The molecule has 0 aromatic heterocycles. The highest BCUT2D eigenvalue weighted by atomic mass is 19.4. The summed E-state index contributed by atoms with van der Waals surface area (Å²) in [6, 6.07) is 4.01. The minimum Gasteiger partial charge on any atom is -0.368 e. The molecule has 0 saturated carbocycles. The molecule has 0 radical (unpaired) electrons. The zero-order chi connectivity index (χ0) is 15.6. The molecule has 0 bridgehead atoms. The highest BCUT2D eigenvalue weighted by Crippen LogP contribution is 2.30. The van der Waals surface area contributed by atoms with Gasteiger partial charge >= 0.3 is 6.18 Å². The predicted octanol–water partition coefficient (Wildman–Crippen LogP) is 3.45. The van der Waals surface area contributed by atoms with Crippen LogP contribution in [0.1, 0.15) is 6.92 Å². The first-order chi connectivity index (χ1) is 9.77. The van der Waals surface area contributed by atoms with Gasteiger partial charge in [-0.2, -0.15) is 13.2 Å². The molecule has 21 heavy (non-hydrogen) atoms. The summed E-state index contributed by atoms with van der Waals surface area (Å²) in [6.45, 7) is 6.28. The van der Waals surface area contributed by atoms with Crippen molar-refractivity contribution in [3.63, 3.8) is 0 Å². The molecule has 2 rings (SSSR count). The number of piperazine rings is 1. The first kappa shape index (κ1) is 15.8. The fraction of sp³-hybridized carbons (Fsp3) is 0.467. The van der Waals surface area contributed by atoms with Crippen LogP contribution in [-0.4, -0.2) is 43.3 Å². The normalized spacial score (nSPS) is 20.6. The molecule has 1 aliphatic heterocycles. The zero-order valence-electron chi connectivity index (χ0n) is 11.8. The SMILES string of the molecule is C=C(C)CN1CCN(c2ccc(F)cc2)CC1C(F)(F)F. The van der Waals surface area contributed by atoms with Gasteiger partial charge in [-0.15, -0.1) is 0 Å². The van der Waals surface area contributed by atoms with E-state index in [9.17, 15) is 17.6 Å². The lowest BCUT2D eigenvalue weighted by Gasteiger charge is -2.43. The van der Waals surface area contributed by atoms with E-state index in [0.29, 0.717) is 24.4 Å². The Bertz CT molecular complexity index is 495. The Kier molecular flexibility index (Phi) is 4.56. The van der Waals surface area contributed by atoms with Crippen LogP contribution in [0.15, 0.2) is 36.4 Å². The third kappa shape index (κ3) is 3.97. The molecule has 1 fully saturated rings. The lowest BCUT2D eigenvalue weighted by atomic mass is 10.1. The van der Waals surface area contributed by atoms with Gasteiger partial charge in [0.25, 0.3) is 0 Å². The molecule has 1 unspecified atom stereocenters. The maximum absolute atomic E-state index is 13.2. The number of rotatable bonds is 3. The van der Waals surface area contributed by atoms with Crippen LogP contribution in [0.5, 0.6) is 0 Å². The Morgan fingerprint density at radius 1 is 1.24 bits per heavy atom. The molecular formula is C15H18F4N2. The van der Waals surface area contributed by atoms with E-state index in [1.54, 1.807) is 11.8 Å². The number of halogens is 4. The molecule has 1 aromatic rings. The van der Waals surface area contributed by atoms with E-state index < -0.39 is 18.0 Å². The summed E-state index contributed by atoms with van der Waals surface area (Å²) in [7, 11) is 0. The highest BCUT2D eigenvalue weighted by Gasteiger charge is 2.46. The van der Waals surface area contributed by atoms with Crippen molar-refractivity contribution >= 4 is 5.69 Å². The van der Waals surface area contributed by atoms with Crippen molar-refractivity contribution in [1.82, 2.24) is 4.90 Å². The molecule has 1 aliphatic rings. The Morgan fingerprint density at radius 2 is 1.86 bits per heavy atom. The van der Waals surface area contributed by atoms with Crippen molar-refractivity contribution in [2.45, 2.75) is 19.1 Å². The smallest absolute Gasteiger partial charge is 0.368 e. The largest absolute Gasteiger partial charge is 0.405 e. The van der Waals surface area contributed by atoms with Gasteiger partial charge in [0.1, 0.15) is 11.9 Å². The summed E-state index contributed by atoms with van der Waals surface area (Å²) < 4.78 is 52.6. The number of nitrogens with zero attached hydrogens (tertiary/aromatic N) is 2. The zero-order valence-corrected chi connectivity index (χ0v) is 11.8. The highest BCUT2D eigenvalue weighted by molar-refractivity contribution is 5.47. The van der Waals surface area contributed by atoms with Crippen molar-refractivity contribution in [3.05, 3.63) is 42.2 Å². The van der Waals surface area contributed by atoms with E-state index in [1.165, 1.54) is 29.2 Å². The van der Waals surface area contributed by atoms with Gasteiger partial charge in [-0.05, 0) is 31.2 Å². The van der Waals surface area contributed by atoms with Crippen molar-refractivity contribution in [3.8, 4) is 0 Å². The first-order valence-corrected chi connectivity index (χ1v) is 6.73. The van der Waals surface area contributed by atoms with E-state index >= 15 is 0 Å². The Labute approximate surface area is 121 Å². The topological polar surface area (TPSA) is 6.48 Å². The van der Waals surface area contributed by atoms with Gasteiger partial charge in [-0.3, -0.25) is 4.90 Å². The second-order valence-corrected chi connectivity index (χ2v) is 5.41. The maximum Gasteiger partial charge on any atom is 0.405 e. The molecule has 0 N–H and O–H groups in total. The summed E-state index contributed by atoms with van der Waals surface area (Å²) in [5, 5.41) is 0. The van der Waals surface area contributed by atoms with Crippen molar-refractivity contribution < 1.29 is 17.6 Å². The number of hydrogen-bond acceptors (Lipinski definition) is 2. The van der Waals surface area contributed by atoms with Crippen LogP contribution in [0.25, 0.3) is 0 Å². The molecule has 1 heterocycles. The third-order valence-corrected chi connectivity index (χ3v) is 3.53. The molecule has 0 spiro atoms. The van der Waals surface area contributed by atoms with Crippen molar-refractivity contribution in [1.29, 1.82) is 0 Å². The molecule has 1 atom stereocenters. The Hall–Kier alpha value is -1.56. The fourth-order valence-corrected chi connectivity index (χ4v) is 2.55. The van der Waals surface area contributed by atoms with Crippen molar-refractivity contribution in [2.75, 3.05) is 31.1 Å². The minimum atomic E-state index is -4.30. The fourth-order valence-electron chi connectivity index (χ4n) is 2.55. The van der Waals surface area contributed by atoms with E-state index in [2.05, 4.69) is 6.58 Å². The lowest BCUT2D eigenvalue weighted by Crippen LogP contribution is -2.59. The molecule has 0 amide bonds. The van der Waals surface area contributed by atoms with Crippen molar-refractivity contribution in [2.24, 2.45) is 0 Å². The molecular weight excluding hydrogens is 284 g/mol. The van der Waals surface area contributed by atoms with Crippen LogP contribution < -0.4 is 4.90 Å². The number of hydrogen-bond donors (Lipinski definition) is 0. The predicted molar refractivity (Wildman–Crippen MR) is 74.8 cm³/mol. The van der Waals surface area contributed by atoms with Crippen LogP contribution in [0.3, 0.4) is 0 Å². The van der Waals surface area contributed by atoms with Gasteiger partial charge in [-0.1, -0.05) is 12.2 Å². The number of anilines is 1. The quantitative estimate of drug-likeness (QED) is 0.623. The maximum atomic E-state index is 13.2. The molecule has 116 valence electrons.